The van der Waals surface area contributed by atoms with Crippen LogP contribution in [-0.2, 0) is 11.2 Å². The fourth-order valence-corrected chi connectivity index (χ4v) is 4.41. The first-order chi connectivity index (χ1) is 10.6. The van der Waals surface area contributed by atoms with E-state index in [0.29, 0.717) is 5.92 Å². The number of carbonyl (C=O) groups is 1. The number of hydrogen-bond acceptors (Lipinski definition) is 4. The van der Waals surface area contributed by atoms with Gasteiger partial charge >= 0.3 is 6.03 Å². The van der Waals surface area contributed by atoms with Crippen LogP contribution in [0.1, 0.15) is 47.2 Å². The molecule has 0 bridgehead atoms. The molecule has 1 aliphatic carbocycles. The molecule has 122 valence electrons. The number of rotatable bonds is 3. The second-order valence-electron chi connectivity index (χ2n) is 6.35. The van der Waals surface area contributed by atoms with E-state index in [1.165, 1.54) is 17.0 Å². The van der Waals surface area contributed by atoms with Crippen LogP contribution in [0, 0.1) is 6.92 Å². The molecule has 1 aromatic rings. The fraction of sp³-hybridized carbons (Fsp3) is 0.750. The number of carbonyl (C=O) groups excluding carboxylic acids is 1. The predicted octanol–water partition coefficient (Wildman–Crippen LogP) is 2.69. The summed E-state index contributed by atoms with van der Waals surface area (Å²) in [6.07, 6.45) is 5.31. The highest BCUT2D eigenvalue weighted by atomic mass is 32.1. The summed E-state index contributed by atoms with van der Waals surface area (Å²) in [5.74, 6) is 0.388. The molecule has 0 radical (unpaired) electrons. The Labute approximate surface area is 136 Å². The number of amides is 2. The average Bonchev–Trinajstić information content (AvgIpc) is 2.89. The van der Waals surface area contributed by atoms with Crippen molar-refractivity contribution in [3.05, 3.63) is 15.6 Å². The van der Waals surface area contributed by atoms with Crippen molar-refractivity contribution >= 4 is 17.4 Å². The molecule has 1 N–H and O–H groups in total. The monoisotopic (exact) mass is 323 g/mol. The second kappa shape index (κ2) is 6.96. The molecule has 1 aliphatic heterocycles. The molecular weight excluding hydrogens is 298 g/mol. The van der Waals surface area contributed by atoms with E-state index in [4.69, 9.17) is 9.72 Å². The minimum Gasteiger partial charge on any atom is -0.381 e. The van der Waals surface area contributed by atoms with Gasteiger partial charge in [0.05, 0.1) is 10.7 Å². The number of fused-ring (bicyclic) bond motifs is 1. The number of thiazole rings is 1. The Morgan fingerprint density at radius 1 is 1.41 bits per heavy atom. The maximum Gasteiger partial charge on any atom is 0.317 e. The third-order valence-electron chi connectivity index (χ3n) is 4.57. The summed E-state index contributed by atoms with van der Waals surface area (Å²) in [5, 5.41) is 4.27. The normalized spacial score (nSPS) is 22.2. The highest BCUT2D eigenvalue weighted by molar-refractivity contribution is 7.11. The smallest absolute Gasteiger partial charge is 0.317 e. The molecule has 2 heterocycles. The van der Waals surface area contributed by atoms with Gasteiger partial charge in [0.15, 0.2) is 0 Å². The Morgan fingerprint density at radius 3 is 2.95 bits per heavy atom. The van der Waals surface area contributed by atoms with Crippen molar-refractivity contribution in [2.45, 2.75) is 51.0 Å². The number of urea groups is 1. The van der Waals surface area contributed by atoms with Gasteiger partial charge < -0.3 is 15.0 Å². The molecule has 2 amide bonds. The molecule has 1 aromatic heterocycles. The van der Waals surface area contributed by atoms with Crippen molar-refractivity contribution in [1.29, 1.82) is 0 Å². The first-order valence-corrected chi connectivity index (χ1v) is 9.00. The topological polar surface area (TPSA) is 54.5 Å². The number of nitrogens with zero attached hydrogens (tertiary/aromatic N) is 2. The molecular formula is C16H25N3O2S. The molecule has 2 aliphatic rings. The third-order valence-corrected chi connectivity index (χ3v) is 5.61. The highest BCUT2D eigenvalue weighted by Crippen LogP contribution is 2.34. The van der Waals surface area contributed by atoms with E-state index >= 15 is 0 Å². The molecule has 1 atom stereocenters. The molecule has 0 aromatic carbocycles. The maximum absolute atomic E-state index is 12.4. The van der Waals surface area contributed by atoms with Crippen molar-refractivity contribution in [2.75, 3.05) is 26.8 Å². The molecule has 0 saturated carbocycles. The summed E-state index contributed by atoms with van der Waals surface area (Å²) in [5.41, 5.74) is 1.24. The molecule has 6 heteroatoms. The fourth-order valence-electron chi connectivity index (χ4n) is 3.35. The number of aryl methyl sites for hydroxylation is 2. The zero-order chi connectivity index (χ0) is 15.5. The van der Waals surface area contributed by atoms with Gasteiger partial charge in [-0.25, -0.2) is 9.78 Å². The molecule has 1 unspecified atom stereocenters. The van der Waals surface area contributed by atoms with Crippen molar-refractivity contribution in [3.8, 4) is 0 Å². The Balaban J connectivity index is 1.57. The molecule has 5 nitrogen and oxygen atoms in total. The number of hydrogen-bond donors (Lipinski definition) is 1. The van der Waals surface area contributed by atoms with Gasteiger partial charge in [-0.15, -0.1) is 11.3 Å². The lowest BCUT2D eigenvalue weighted by Gasteiger charge is -2.29. The summed E-state index contributed by atoms with van der Waals surface area (Å²) in [6, 6.07) is 0.290. The summed E-state index contributed by atoms with van der Waals surface area (Å²) < 4.78 is 5.33. The minimum absolute atomic E-state index is 0.0333. The van der Waals surface area contributed by atoms with E-state index in [1.807, 2.05) is 23.3 Å². The lowest BCUT2D eigenvalue weighted by Crippen LogP contribution is -2.46. The highest BCUT2D eigenvalue weighted by Gasteiger charge is 2.27. The first kappa shape index (κ1) is 15.7. The van der Waals surface area contributed by atoms with Gasteiger partial charge in [-0.3, -0.25) is 0 Å². The number of aromatic nitrogens is 1. The van der Waals surface area contributed by atoms with Crippen LogP contribution < -0.4 is 5.32 Å². The van der Waals surface area contributed by atoms with E-state index in [0.717, 1.165) is 50.4 Å². The van der Waals surface area contributed by atoms with Crippen LogP contribution in [0.25, 0.3) is 0 Å². The largest absolute Gasteiger partial charge is 0.381 e. The second-order valence-corrected chi connectivity index (χ2v) is 7.63. The summed E-state index contributed by atoms with van der Waals surface area (Å²) >= 11 is 1.81. The SMILES string of the molecule is Cc1nc2c(s1)CCCC2CN(C)C(=O)NC1CCOCC1. The Kier molecular flexibility index (Phi) is 4.98. The summed E-state index contributed by atoms with van der Waals surface area (Å²) in [7, 11) is 1.89. The van der Waals surface area contributed by atoms with Gasteiger partial charge in [0.1, 0.15) is 0 Å². The average molecular weight is 323 g/mol. The number of nitrogens with one attached hydrogen (secondary N) is 1. The summed E-state index contributed by atoms with van der Waals surface area (Å²) in [4.78, 5) is 20.3. The quantitative estimate of drug-likeness (QED) is 0.930. The molecule has 3 rings (SSSR count). The lowest BCUT2D eigenvalue weighted by molar-refractivity contribution is 0.0784. The van der Waals surface area contributed by atoms with Gasteiger partial charge in [0.2, 0.25) is 0 Å². The van der Waals surface area contributed by atoms with E-state index in [1.54, 1.807) is 0 Å². The molecule has 0 spiro atoms. The van der Waals surface area contributed by atoms with Crippen LogP contribution >= 0.6 is 11.3 Å². The number of likely N-dealkylation sites (N-methyl/N-ethyl adjacent to an activating group) is 1. The van der Waals surface area contributed by atoms with Crippen LogP contribution in [0.5, 0.6) is 0 Å². The van der Waals surface area contributed by atoms with Crippen LogP contribution in [-0.4, -0.2) is 48.8 Å². The molecule has 22 heavy (non-hydrogen) atoms. The summed E-state index contributed by atoms with van der Waals surface area (Å²) in [6.45, 7) is 4.32. The Bertz CT molecular complexity index is 525. The van der Waals surface area contributed by atoms with Crippen molar-refractivity contribution in [2.24, 2.45) is 0 Å². The number of ether oxygens (including phenoxy) is 1. The van der Waals surface area contributed by atoms with Crippen molar-refractivity contribution < 1.29 is 9.53 Å². The Morgan fingerprint density at radius 2 is 2.18 bits per heavy atom. The van der Waals surface area contributed by atoms with Gasteiger partial charge in [-0.2, -0.15) is 0 Å². The van der Waals surface area contributed by atoms with E-state index < -0.39 is 0 Å². The van der Waals surface area contributed by atoms with Crippen molar-refractivity contribution in [1.82, 2.24) is 15.2 Å². The van der Waals surface area contributed by atoms with Crippen molar-refractivity contribution in [3.63, 3.8) is 0 Å². The van der Waals surface area contributed by atoms with Gasteiger partial charge in [-0.1, -0.05) is 0 Å². The van der Waals surface area contributed by atoms with E-state index in [2.05, 4.69) is 12.2 Å². The van der Waals surface area contributed by atoms with Crippen LogP contribution in [0.2, 0.25) is 0 Å². The zero-order valence-electron chi connectivity index (χ0n) is 13.4. The van der Waals surface area contributed by atoms with Gasteiger partial charge in [0.25, 0.3) is 0 Å². The van der Waals surface area contributed by atoms with E-state index in [-0.39, 0.29) is 12.1 Å². The molecule has 1 saturated heterocycles. The van der Waals surface area contributed by atoms with Crippen LogP contribution in [0.15, 0.2) is 0 Å². The predicted molar refractivity (Wildman–Crippen MR) is 87.5 cm³/mol. The van der Waals surface area contributed by atoms with Crippen LogP contribution in [0.4, 0.5) is 4.79 Å². The lowest BCUT2D eigenvalue weighted by atomic mass is 9.90. The van der Waals surface area contributed by atoms with Gasteiger partial charge in [0, 0.05) is 43.6 Å². The first-order valence-electron chi connectivity index (χ1n) is 8.19. The molecule has 1 fully saturated rings. The van der Waals surface area contributed by atoms with E-state index in [9.17, 15) is 4.79 Å². The van der Waals surface area contributed by atoms with Gasteiger partial charge in [-0.05, 0) is 39.0 Å². The van der Waals surface area contributed by atoms with Crippen LogP contribution in [0.3, 0.4) is 0 Å². The minimum atomic E-state index is 0.0333. The standard InChI is InChI=1S/C16H25N3O2S/c1-11-17-15-12(4-3-5-14(15)22-11)10-19(2)16(20)18-13-6-8-21-9-7-13/h12-13H,3-10H2,1-2H3,(H,18,20). The Hall–Kier alpha value is -1.14. The third kappa shape index (κ3) is 3.60. The maximum atomic E-state index is 12.4. The zero-order valence-corrected chi connectivity index (χ0v) is 14.2.